The number of thiophene rings is 1. The van der Waals surface area contributed by atoms with E-state index < -0.39 is 5.97 Å². The van der Waals surface area contributed by atoms with Crippen molar-refractivity contribution in [1.82, 2.24) is 4.98 Å². The Labute approximate surface area is 207 Å². The number of carboxylic acids is 1. The van der Waals surface area contributed by atoms with Gasteiger partial charge in [0.2, 0.25) is 0 Å². The summed E-state index contributed by atoms with van der Waals surface area (Å²) in [5.74, 6) is -1.47. The summed E-state index contributed by atoms with van der Waals surface area (Å²) in [5, 5.41) is 16.9. The number of benzene rings is 1. The standard InChI is InChI=1S/C25H30FN3O3S2/c1-2-3-4-5-6-7-8-17-13-18(26)9-11-21(17)27-15-20-10-12-22(34-20)24(32)29-25-28-19(16-33-25)14-23(30)31/h9-13,16,27H,2-8,14-15H2,1H3,(H,30,31)(H,28,29,32). The van der Waals surface area contributed by atoms with Gasteiger partial charge < -0.3 is 10.4 Å². The molecule has 9 heteroatoms. The lowest BCUT2D eigenvalue weighted by Crippen LogP contribution is -2.10. The maximum Gasteiger partial charge on any atom is 0.309 e. The van der Waals surface area contributed by atoms with Crippen LogP contribution >= 0.6 is 22.7 Å². The summed E-state index contributed by atoms with van der Waals surface area (Å²) >= 11 is 2.57. The van der Waals surface area contributed by atoms with Crippen molar-refractivity contribution in [3.8, 4) is 0 Å². The topological polar surface area (TPSA) is 91.3 Å². The van der Waals surface area contributed by atoms with Crippen molar-refractivity contribution in [2.24, 2.45) is 0 Å². The maximum atomic E-state index is 13.8. The number of nitrogens with one attached hydrogen (secondary N) is 2. The lowest BCUT2D eigenvalue weighted by atomic mass is 10.0. The first-order chi connectivity index (χ1) is 16.4. The van der Waals surface area contributed by atoms with Crippen LogP contribution in [0.1, 0.15) is 71.3 Å². The minimum Gasteiger partial charge on any atom is -0.481 e. The molecule has 1 aromatic carbocycles. The molecule has 3 aromatic rings. The van der Waals surface area contributed by atoms with E-state index in [1.165, 1.54) is 54.4 Å². The Hall–Kier alpha value is -2.78. The Morgan fingerprint density at radius 3 is 2.68 bits per heavy atom. The maximum absolute atomic E-state index is 13.8. The van der Waals surface area contributed by atoms with Crippen LogP contribution in [-0.2, 0) is 24.2 Å². The Morgan fingerprint density at radius 1 is 1.09 bits per heavy atom. The third-order valence-electron chi connectivity index (χ3n) is 5.31. The first-order valence-corrected chi connectivity index (χ1v) is 13.2. The summed E-state index contributed by atoms with van der Waals surface area (Å²) < 4.78 is 13.8. The van der Waals surface area contributed by atoms with Crippen LogP contribution in [0.3, 0.4) is 0 Å². The number of aliphatic carboxylic acids is 1. The molecule has 1 amide bonds. The number of hydrogen-bond acceptors (Lipinski definition) is 6. The average Bonchev–Trinajstić information content (AvgIpc) is 3.45. The number of amides is 1. The molecule has 3 rings (SSSR count). The van der Waals surface area contributed by atoms with E-state index in [0.717, 1.165) is 35.4 Å². The molecule has 182 valence electrons. The number of aromatic nitrogens is 1. The molecule has 0 aliphatic rings. The molecular formula is C25H30FN3O3S2. The number of hydrogen-bond donors (Lipinski definition) is 3. The van der Waals surface area contributed by atoms with Gasteiger partial charge in [-0.2, -0.15) is 0 Å². The molecule has 0 saturated carbocycles. The van der Waals surface area contributed by atoms with Crippen molar-refractivity contribution in [2.75, 3.05) is 10.6 Å². The van der Waals surface area contributed by atoms with Crippen LogP contribution in [0.5, 0.6) is 0 Å². The minimum absolute atomic E-state index is 0.175. The van der Waals surface area contributed by atoms with Gasteiger partial charge in [-0.1, -0.05) is 39.0 Å². The highest BCUT2D eigenvalue weighted by molar-refractivity contribution is 7.15. The van der Waals surface area contributed by atoms with Crippen molar-refractivity contribution in [2.45, 2.75) is 64.8 Å². The van der Waals surface area contributed by atoms with Crippen molar-refractivity contribution >= 4 is 45.4 Å². The van der Waals surface area contributed by atoms with Gasteiger partial charge in [0.05, 0.1) is 17.0 Å². The van der Waals surface area contributed by atoms with Gasteiger partial charge in [0.15, 0.2) is 5.13 Å². The predicted octanol–water partition coefficient (Wildman–Crippen LogP) is 6.74. The molecular weight excluding hydrogens is 473 g/mol. The zero-order valence-electron chi connectivity index (χ0n) is 19.2. The van der Waals surface area contributed by atoms with Gasteiger partial charge in [0.25, 0.3) is 5.91 Å². The predicted molar refractivity (Wildman–Crippen MR) is 137 cm³/mol. The number of aryl methyl sites for hydroxylation is 1. The van der Waals surface area contributed by atoms with Crippen LogP contribution in [0.25, 0.3) is 0 Å². The number of unbranched alkanes of at least 4 members (excludes halogenated alkanes) is 5. The first-order valence-electron chi connectivity index (χ1n) is 11.5. The Morgan fingerprint density at radius 2 is 1.88 bits per heavy atom. The molecule has 0 bridgehead atoms. The van der Waals surface area contributed by atoms with Crippen LogP contribution in [0.4, 0.5) is 15.2 Å². The van der Waals surface area contributed by atoms with Crippen molar-refractivity contribution in [3.63, 3.8) is 0 Å². The number of rotatable bonds is 14. The normalized spacial score (nSPS) is 10.9. The fraction of sp³-hybridized carbons (Fsp3) is 0.400. The second-order valence-electron chi connectivity index (χ2n) is 8.11. The number of carboxylic acid groups (broad SMARTS) is 1. The molecule has 0 aliphatic heterocycles. The zero-order chi connectivity index (χ0) is 24.3. The monoisotopic (exact) mass is 503 g/mol. The van der Waals surface area contributed by atoms with Gasteiger partial charge in [-0.15, -0.1) is 22.7 Å². The zero-order valence-corrected chi connectivity index (χ0v) is 20.9. The second-order valence-corrected chi connectivity index (χ2v) is 10.1. The molecule has 0 atom stereocenters. The van der Waals surface area contributed by atoms with Crippen LogP contribution in [0, 0.1) is 5.82 Å². The molecule has 6 nitrogen and oxygen atoms in total. The summed E-state index contributed by atoms with van der Waals surface area (Å²) in [7, 11) is 0. The van der Waals surface area contributed by atoms with E-state index in [9.17, 15) is 14.0 Å². The van der Waals surface area contributed by atoms with Crippen molar-refractivity contribution in [3.05, 3.63) is 62.5 Å². The van der Waals surface area contributed by atoms with Gasteiger partial charge in [-0.25, -0.2) is 9.37 Å². The van der Waals surface area contributed by atoms with E-state index >= 15 is 0 Å². The molecule has 0 radical (unpaired) electrons. The lowest BCUT2D eigenvalue weighted by Gasteiger charge is -2.12. The van der Waals surface area contributed by atoms with Crippen LogP contribution < -0.4 is 10.6 Å². The number of halogens is 1. The van der Waals surface area contributed by atoms with E-state index in [1.807, 2.05) is 6.07 Å². The fourth-order valence-electron chi connectivity index (χ4n) is 3.57. The fourth-order valence-corrected chi connectivity index (χ4v) is 5.12. The van der Waals surface area contributed by atoms with E-state index in [-0.39, 0.29) is 18.1 Å². The quantitative estimate of drug-likeness (QED) is 0.212. The van der Waals surface area contributed by atoms with Crippen molar-refractivity contribution in [1.29, 1.82) is 0 Å². The van der Waals surface area contributed by atoms with Crippen molar-refractivity contribution < 1.29 is 19.1 Å². The molecule has 0 fully saturated rings. The molecule has 3 N–H and O–H groups in total. The molecule has 0 aliphatic carbocycles. The van der Waals surface area contributed by atoms with E-state index in [4.69, 9.17) is 5.11 Å². The smallest absolute Gasteiger partial charge is 0.309 e. The summed E-state index contributed by atoms with van der Waals surface area (Å²) in [4.78, 5) is 29.0. The summed E-state index contributed by atoms with van der Waals surface area (Å²) in [5.41, 5.74) is 2.31. The molecule has 0 spiro atoms. The number of anilines is 2. The molecule has 34 heavy (non-hydrogen) atoms. The van der Waals surface area contributed by atoms with Gasteiger partial charge >= 0.3 is 5.97 Å². The first kappa shape index (κ1) is 25.8. The summed E-state index contributed by atoms with van der Waals surface area (Å²) in [6.07, 6.45) is 7.81. The molecule has 2 heterocycles. The highest BCUT2D eigenvalue weighted by Gasteiger charge is 2.13. The van der Waals surface area contributed by atoms with Crippen LogP contribution in [0.2, 0.25) is 0 Å². The summed E-state index contributed by atoms with van der Waals surface area (Å²) in [6, 6.07) is 8.49. The Bertz CT molecular complexity index is 1100. The van der Waals surface area contributed by atoms with E-state index in [0.29, 0.717) is 22.2 Å². The number of thiazole rings is 1. The molecule has 0 saturated heterocycles. The second kappa shape index (κ2) is 13.2. The van der Waals surface area contributed by atoms with Crippen LogP contribution in [0.15, 0.2) is 35.7 Å². The van der Waals surface area contributed by atoms with Gasteiger partial charge in [0.1, 0.15) is 5.82 Å². The lowest BCUT2D eigenvalue weighted by molar-refractivity contribution is -0.136. The van der Waals surface area contributed by atoms with E-state index in [1.54, 1.807) is 23.6 Å². The van der Waals surface area contributed by atoms with E-state index in [2.05, 4.69) is 22.5 Å². The highest BCUT2D eigenvalue weighted by atomic mass is 32.1. The Balaban J connectivity index is 1.52. The largest absolute Gasteiger partial charge is 0.481 e. The number of carbonyl (C=O) groups excluding carboxylic acids is 1. The molecule has 0 unspecified atom stereocenters. The highest BCUT2D eigenvalue weighted by Crippen LogP contribution is 2.24. The van der Waals surface area contributed by atoms with Gasteiger partial charge in [-0.3, -0.25) is 14.9 Å². The summed E-state index contributed by atoms with van der Waals surface area (Å²) in [6.45, 7) is 2.74. The third-order valence-corrected chi connectivity index (χ3v) is 7.20. The average molecular weight is 504 g/mol. The minimum atomic E-state index is -0.963. The Kier molecular flexibility index (Phi) is 10.0. The SMILES string of the molecule is CCCCCCCCc1cc(F)ccc1NCc1ccc(C(=O)Nc2nc(CC(=O)O)cs2)s1. The van der Waals surface area contributed by atoms with Crippen LogP contribution in [-0.4, -0.2) is 22.0 Å². The molecule has 2 aromatic heterocycles. The van der Waals surface area contributed by atoms with Gasteiger partial charge in [-0.05, 0) is 48.7 Å². The number of carbonyl (C=O) groups is 2. The van der Waals surface area contributed by atoms with Gasteiger partial charge in [0, 0.05) is 22.5 Å². The number of nitrogens with zero attached hydrogens (tertiary/aromatic N) is 1. The third kappa shape index (κ3) is 8.22.